The van der Waals surface area contributed by atoms with E-state index in [1.807, 2.05) is 12.1 Å². The second kappa shape index (κ2) is 8.85. The zero-order chi connectivity index (χ0) is 22.1. The lowest BCUT2D eigenvalue weighted by Gasteiger charge is -2.36. The number of rotatable bonds is 4. The number of hydrogen-bond acceptors (Lipinski definition) is 4. The van der Waals surface area contributed by atoms with Crippen molar-refractivity contribution in [3.05, 3.63) is 69.3 Å². The van der Waals surface area contributed by atoms with E-state index < -0.39 is 11.8 Å². The lowest BCUT2D eigenvalue weighted by atomic mass is 9.69. The highest BCUT2D eigenvalue weighted by Crippen LogP contribution is 2.45. The summed E-state index contributed by atoms with van der Waals surface area (Å²) >= 11 is 12.7. The van der Waals surface area contributed by atoms with E-state index >= 15 is 0 Å². The van der Waals surface area contributed by atoms with Crippen LogP contribution in [0.5, 0.6) is 5.75 Å². The average Bonchev–Trinajstić information content (AvgIpc) is 2.73. The summed E-state index contributed by atoms with van der Waals surface area (Å²) in [5.74, 6) is -0.742. The first-order valence-electron chi connectivity index (χ1n) is 10.1. The van der Waals surface area contributed by atoms with Gasteiger partial charge >= 0.3 is 0 Å². The van der Waals surface area contributed by atoms with E-state index in [-0.39, 0.29) is 11.7 Å². The minimum atomic E-state index is -0.528. The van der Waals surface area contributed by atoms with Crippen LogP contribution in [0.1, 0.15) is 37.7 Å². The van der Waals surface area contributed by atoms with Crippen LogP contribution >= 0.6 is 23.2 Å². The molecule has 0 saturated heterocycles. The Kier molecular flexibility index (Phi) is 6.17. The fraction of sp³-hybridized carbons (Fsp3) is 0.292. The Morgan fingerprint density at radius 1 is 1.13 bits per heavy atom. The molecule has 160 valence electrons. The summed E-state index contributed by atoms with van der Waals surface area (Å²) in [6.45, 7) is 1.80. The number of fused-ring (bicyclic) bond motifs is 1. The number of benzene rings is 2. The molecule has 0 spiro atoms. The van der Waals surface area contributed by atoms with Crippen LogP contribution in [-0.4, -0.2) is 24.5 Å². The molecule has 1 N–H and O–H groups in total. The highest BCUT2D eigenvalue weighted by molar-refractivity contribution is 6.35. The van der Waals surface area contributed by atoms with Crippen molar-refractivity contribution in [3.8, 4) is 5.75 Å². The number of para-hydroxylation sites is 2. The van der Waals surface area contributed by atoms with Gasteiger partial charge in [0.15, 0.2) is 0 Å². The molecule has 1 heterocycles. The molecule has 31 heavy (non-hydrogen) atoms. The number of amides is 1. The number of anilines is 1. The largest absolute Gasteiger partial charge is 0.495 e. The predicted octanol–water partition coefficient (Wildman–Crippen LogP) is 5.82. The fourth-order valence-electron chi connectivity index (χ4n) is 4.44. The maximum absolute atomic E-state index is 13.5. The second-order valence-electron chi connectivity index (χ2n) is 7.70. The Balaban J connectivity index is 1.83. The summed E-state index contributed by atoms with van der Waals surface area (Å²) in [6, 6.07) is 12.3. The normalized spacial score (nSPS) is 20.8. The average molecular weight is 457 g/mol. The standard InChI is InChI=1S/C24H22Cl2N2O3/c1-13-21(24(30)28-17-6-3-4-9-20(17)31-2)22(15-11-10-14(25)12-16(15)26)23-18(27-13)7-5-8-19(23)29/h3-4,6,9-12,22-23H,5,7-8H2,1-2H3,(H,28,30)/t22-,23+/m1/s1. The van der Waals surface area contributed by atoms with Gasteiger partial charge in [-0.1, -0.05) is 41.4 Å². The molecule has 1 aliphatic heterocycles. The van der Waals surface area contributed by atoms with Gasteiger partial charge in [0.05, 0.1) is 18.7 Å². The van der Waals surface area contributed by atoms with Crippen LogP contribution in [0.3, 0.4) is 0 Å². The molecule has 0 bridgehead atoms. The van der Waals surface area contributed by atoms with E-state index in [2.05, 4.69) is 10.3 Å². The van der Waals surface area contributed by atoms with Gasteiger partial charge in [0.25, 0.3) is 5.91 Å². The highest BCUT2D eigenvalue weighted by atomic mass is 35.5. The van der Waals surface area contributed by atoms with Gasteiger partial charge in [0.2, 0.25) is 0 Å². The third-order valence-corrected chi connectivity index (χ3v) is 6.37. The molecule has 0 unspecified atom stereocenters. The van der Waals surface area contributed by atoms with Crippen molar-refractivity contribution in [2.75, 3.05) is 12.4 Å². The minimum absolute atomic E-state index is 0.0797. The molecule has 0 aromatic heterocycles. The summed E-state index contributed by atoms with van der Waals surface area (Å²) < 4.78 is 5.36. The number of nitrogens with one attached hydrogen (secondary N) is 1. The molecule has 0 radical (unpaired) electrons. The van der Waals surface area contributed by atoms with Gasteiger partial charge in [0, 0.05) is 39.4 Å². The molecule has 1 aliphatic carbocycles. The van der Waals surface area contributed by atoms with E-state index in [1.54, 1.807) is 44.4 Å². The topological polar surface area (TPSA) is 67.8 Å². The number of aliphatic imine (C=N–C) groups is 1. The van der Waals surface area contributed by atoms with Gasteiger partial charge < -0.3 is 10.1 Å². The van der Waals surface area contributed by atoms with Gasteiger partial charge in [-0.2, -0.15) is 0 Å². The van der Waals surface area contributed by atoms with Crippen molar-refractivity contribution in [1.82, 2.24) is 0 Å². The van der Waals surface area contributed by atoms with Crippen LogP contribution in [0.15, 0.2) is 58.7 Å². The van der Waals surface area contributed by atoms with Crippen LogP contribution < -0.4 is 10.1 Å². The van der Waals surface area contributed by atoms with E-state index in [0.717, 1.165) is 18.6 Å². The third kappa shape index (κ3) is 4.12. The first kappa shape index (κ1) is 21.6. The maximum atomic E-state index is 13.5. The molecule has 1 amide bonds. The SMILES string of the molecule is COc1ccccc1NC(=O)C1=C(C)N=C2CCCC(=O)[C@H]2[C@@H]1c1ccc(Cl)cc1Cl. The van der Waals surface area contributed by atoms with Crippen LogP contribution in [0.25, 0.3) is 0 Å². The molecule has 2 aromatic rings. The maximum Gasteiger partial charge on any atom is 0.254 e. The molecule has 2 atom stereocenters. The number of ketones is 1. The van der Waals surface area contributed by atoms with Gasteiger partial charge in [-0.05, 0) is 49.6 Å². The van der Waals surface area contributed by atoms with Gasteiger partial charge in [0.1, 0.15) is 11.5 Å². The van der Waals surface area contributed by atoms with Crippen LogP contribution in [-0.2, 0) is 9.59 Å². The number of Topliss-reactive ketones (excluding diaryl/α,β-unsaturated/α-hetero) is 1. The van der Waals surface area contributed by atoms with E-state index in [0.29, 0.717) is 44.7 Å². The van der Waals surface area contributed by atoms with Crippen molar-refractivity contribution < 1.29 is 14.3 Å². The summed E-state index contributed by atoms with van der Waals surface area (Å²) in [4.78, 5) is 31.2. The zero-order valence-corrected chi connectivity index (χ0v) is 18.8. The van der Waals surface area contributed by atoms with Gasteiger partial charge in [-0.3, -0.25) is 14.6 Å². The van der Waals surface area contributed by atoms with Gasteiger partial charge in [-0.25, -0.2) is 0 Å². The molecule has 4 rings (SSSR count). The predicted molar refractivity (Wildman–Crippen MR) is 123 cm³/mol. The van der Waals surface area contributed by atoms with E-state index in [9.17, 15) is 9.59 Å². The molecule has 1 saturated carbocycles. The Morgan fingerprint density at radius 3 is 2.65 bits per heavy atom. The van der Waals surface area contributed by atoms with Crippen LogP contribution in [0.2, 0.25) is 10.0 Å². The van der Waals surface area contributed by atoms with Crippen molar-refractivity contribution in [2.24, 2.45) is 10.9 Å². The summed E-state index contributed by atoms with van der Waals surface area (Å²) in [5, 5.41) is 3.85. The Labute approximate surface area is 191 Å². The summed E-state index contributed by atoms with van der Waals surface area (Å²) in [5.41, 5.74) is 3.08. The first-order chi connectivity index (χ1) is 14.9. The summed E-state index contributed by atoms with van der Waals surface area (Å²) in [6.07, 6.45) is 1.97. The Bertz CT molecular complexity index is 1120. The highest BCUT2D eigenvalue weighted by Gasteiger charge is 2.44. The van der Waals surface area contributed by atoms with Crippen molar-refractivity contribution >= 4 is 46.3 Å². The molecule has 7 heteroatoms. The number of nitrogens with zero attached hydrogens (tertiary/aromatic N) is 1. The zero-order valence-electron chi connectivity index (χ0n) is 17.2. The van der Waals surface area contributed by atoms with Crippen LogP contribution in [0, 0.1) is 5.92 Å². The number of carbonyl (C=O) groups is 2. The molecule has 2 aliphatic rings. The Morgan fingerprint density at radius 2 is 1.90 bits per heavy atom. The number of carbonyl (C=O) groups excluding carboxylic acids is 2. The van der Waals surface area contributed by atoms with Crippen molar-refractivity contribution in [1.29, 1.82) is 0 Å². The number of hydrogen-bond donors (Lipinski definition) is 1. The molecule has 2 aromatic carbocycles. The van der Waals surface area contributed by atoms with Gasteiger partial charge in [-0.15, -0.1) is 0 Å². The third-order valence-electron chi connectivity index (χ3n) is 5.80. The first-order valence-corrected chi connectivity index (χ1v) is 10.9. The van der Waals surface area contributed by atoms with Crippen molar-refractivity contribution in [2.45, 2.75) is 32.1 Å². The van der Waals surface area contributed by atoms with Crippen molar-refractivity contribution in [3.63, 3.8) is 0 Å². The Hall–Kier alpha value is -2.63. The molecular weight excluding hydrogens is 435 g/mol. The summed E-state index contributed by atoms with van der Waals surface area (Å²) in [7, 11) is 1.55. The second-order valence-corrected chi connectivity index (χ2v) is 8.54. The van der Waals surface area contributed by atoms with E-state index in [1.165, 1.54) is 0 Å². The lowest BCUT2D eigenvalue weighted by Crippen LogP contribution is -2.39. The van der Waals surface area contributed by atoms with E-state index in [4.69, 9.17) is 27.9 Å². The quantitative estimate of drug-likeness (QED) is 0.629. The fourth-order valence-corrected chi connectivity index (χ4v) is 4.97. The molecule has 1 fully saturated rings. The minimum Gasteiger partial charge on any atom is -0.495 e. The number of halogens is 2. The van der Waals surface area contributed by atoms with Crippen LogP contribution in [0.4, 0.5) is 5.69 Å². The monoisotopic (exact) mass is 456 g/mol. The number of ether oxygens (including phenoxy) is 1. The molecular formula is C24H22Cl2N2O3. The number of methoxy groups -OCH3 is 1. The molecule has 5 nitrogen and oxygen atoms in total. The lowest BCUT2D eigenvalue weighted by molar-refractivity contribution is -0.122. The number of allylic oxidation sites excluding steroid dienone is 1. The smallest absolute Gasteiger partial charge is 0.254 e.